The van der Waals surface area contributed by atoms with Crippen LogP contribution in [0.15, 0.2) is 12.2 Å². The minimum absolute atomic E-state index is 0.176. The highest BCUT2D eigenvalue weighted by Crippen LogP contribution is 2.64. The molecular formula is C30H48O2. The van der Waals surface area contributed by atoms with E-state index in [1.54, 1.807) is 0 Å². The van der Waals surface area contributed by atoms with Gasteiger partial charge in [0.05, 0.1) is 0 Å². The maximum atomic E-state index is 12.8. The molecule has 7 atom stereocenters. The van der Waals surface area contributed by atoms with Gasteiger partial charge in [0.25, 0.3) is 0 Å². The largest absolute Gasteiger partial charge is 0.299 e. The second kappa shape index (κ2) is 7.81. The van der Waals surface area contributed by atoms with Gasteiger partial charge in [0.2, 0.25) is 0 Å². The average Bonchev–Trinajstić information content (AvgIpc) is 2.69. The molecule has 32 heavy (non-hydrogen) atoms. The topological polar surface area (TPSA) is 34.1 Å². The molecule has 0 saturated heterocycles. The summed E-state index contributed by atoms with van der Waals surface area (Å²) in [4.78, 5) is 25.6. The number of carbonyl (C=O) groups excluding carboxylic acids is 2. The third-order valence-electron chi connectivity index (χ3n) is 11.8. The highest BCUT2D eigenvalue weighted by atomic mass is 16.1. The van der Waals surface area contributed by atoms with Crippen molar-refractivity contribution in [1.29, 1.82) is 0 Å². The van der Waals surface area contributed by atoms with Gasteiger partial charge in [-0.2, -0.15) is 0 Å². The van der Waals surface area contributed by atoms with Crippen LogP contribution >= 0.6 is 0 Å². The minimum atomic E-state index is -0.199. The maximum Gasteiger partial charge on any atom is 0.138 e. The van der Waals surface area contributed by atoms with E-state index in [4.69, 9.17) is 0 Å². The highest BCUT2D eigenvalue weighted by Gasteiger charge is 2.58. The Labute approximate surface area is 197 Å². The zero-order valence-corrected chi connectivity index (χ0v) is 22.0. The number of rotatable bonds is 3. The zero-order chi connectivity index (χ0) is 23.7. The summed E-state index contributed by atoms with van der Waals surface area (Å²) in [6.07, 6.45) is 10.7. The number of allylic oxidation sites excluding steroid dienone is 1. The summed E-state index contributed by atoms with van der Waals surface area (Å²) < 4.78 is 0. The summed E-state index contributed by atoms with van der Waals surface area (Å²) in [5, 5.41) is 0. The van der Waals surface area contributed by atoms with Gasteiger partial charge in [-0.05, 0) is 85.4 Å². The van der Waals surface area contributed by atoms with Gasteiger partial charge in [-0.15, -0.1) is 0 Å². The molecular weight excluding hydrogens is 392 g/mol. The van der Waals surface area contributed by atoms with Gasteiger partial charge < -0.3 is 0 Å². The van der Waals surface area contributed by atoms with Gasteiger partial charge in [-0.1, -0.05) is 67.0 Å². The third-order valence-corrected chi connectivity index (χ3v) is 11.8. The summed E-state index contributed by atoms with van der Waals surface area (Å²) in [6.45, 7) is 20.9. The Morgan fingerprint density at radius 2 is 1.28 bits per heavy atom. The van der Waals surface area contributed by atoms with Crippen molar-refractivity contribution in [3.63, 3.8) is 0 Å². The summed E-state index contributed by atoms with van der Waals surface area (Å²) >= 11 is 0. The second-order valence-electron chi connectivity index (χ2n) is 13.9. The lowest BCUT2D eigenvalue weighted by Crippen LogP contribution is -2.55. The Kier molecular flexibility index (Phi) is 5.91. The molecule has 0 aromatic rings. The molecule has 0 heterocycles. The molecule has 0 aromatic heterocycles. The van der Waals surface area contributed by atoms with Crippen LogP contribution in [0.1, 0.15) is 113 Å². The van der Waals surface area contributed by atoms with E-state index < -0.39 is 0 Å². The van der Waals surface area contributed by atoms with Gasteiger partial charge in [0.1, 0.15) is 11.6 Å². The molecule has 0 spiro atoms. The lowest BCUT2D eigenvalue weighted by atomic mass is 9.44. The number of hydrogen-bond donors (Lipinski definition) is 0. The molecule has 4 saturated carbocycles. The molecule has 180 valence electrons. The van der Waals surface area contributed by atoms with Crippen molar-refractivity contribution < 1.29 is 9.59 Å². The Hall–Kier alpha value is -0.920. The molecule has 0 amide bonds. The number of Topliss-reactive ketones (excluding diaryl/α,β-unsaturated/α-hetero) is 2. The van der Waals surface area contributed by atoms with Gasteiger partial charge in [-0.25, -0.2) is 0 Å². The molecule has 0 aromatic carbocycles. The molecule has 2 nitrogen and oxygen atoms in total. The molecule has 4 aliphatic rings. The van der Waals surface area contributed by atoms with Crippen LogP contribution < -0.4 is 0 Å². The van der Waals surface area contributed by atoms with Crippen LogP contribution in [0.5, 0.6) is 0 Å². The van der Waals surface area contributed by atoms with Crippen molar-refractivity contribution in [2.24, 2.45) is 51.2 Å². The van der Waals surface area contributed by atoms with Crippen molar-refractivity contribution in [2.75, 3.05) is 0 Å². The Balaban J connectivity index is 1.58. The van der Waals surface area contributed by atoms with E-state index in [9.17, 15) is 9.59 Å². The Morgan fingerprint density at radius 1 is 0.750 bits per heavy atom. The van der Waals surface area contributed by atoms with Crippen LogP contribution in [-0.4, -0.2) is 11.6 Å². The van der Waals surface area contributed by atoms with Crippen LogP contribution in [0.3, 0.4) is 0 Å². The maximum absolute atomic E-state index is 12.8. The molecule has 2 heteroatoms. The first-order valence-corrected chi connectivity index (χ1v) is 13.5. The van der Waals surface area contributed by atoms with E-state index in [-0.39, 0.29) is 21.7 Å². The van der Waals surface area contributed by atoms with Gasteiger partial charge in [-0.3, -0.25) is 9.59 Å². The van der Waals surface area contributed by atoms with E-state index in [1.165, 1.54) is 31.3 Å². The molecule has 1 unspecified atom stereocenters. The summed E-state index contributed by atoms with van der Waals surface area (Å²) in [5.74, 6) is 3.89. The van der Waals surface area contributed by atoms with Crippen LogP contribution in [0.2, 0.25) is 0 Å². The van der Waals surface area contributed by atoms with Crippen molar-refractivity contribution in [2.45, 2.75) is 113 Å². The van der Waals surface area contributed by atoms with Crippen molar-refractivity contribution in [1.82, 2.24) is 0 Å². The summed E-state index contributed by atoms with van der Waals surface area (Å²) in [5.41, 5.74) is 1.54. The number of carbonyl (C=O) groups is 2. The predicted molar refractivity (Wildman–Crippen MR) is 132 cm³/mol. The summed E-state index contributed by atoms with van der Waals surface area (Å²) in [6, 6.07) is 0. The first kappa shape index (κ1) is 24.2. The van der Waals surface area contributed by atoms with Crippen molar-refractivity contribution >= 4 is 11.6 Å². The SMILES string of the molecule is C=C1CC[C@H]2C(C)(C)C(=O)CC[C@]2(C)[C@H]1CC[C@H]1C(C)CC[C@H]2C(C)(C)C(=O)CC[C@]12C. The fraction of sp³-hybridized carbons (Fsp3) is 0.867. The lowest BCUT2D eigenvalue weighted by Gasteiger charge is -2.60. The zero-order valence-electron chi connectivity index (χ0n) is 22.0. The van der Waals surface area contributed by atoms with Gasteiger partial charge in [0, 0.05) is 23.7 Å². The Bertz CT molecular complexity index is 804. The normalized spacial score (nSPS) is 45.8. The average molecular weight is 441 g/mol. The van der Waals surface area contributed by atoms with E-state index in [1.807, 2.05) is 0 Å². The number of hydrogen-bond acceptors (Lipinski definition) is 2. The van der Waals surface area contributed by atoms with E-state index in [2.05, 4.69) is 55.0 Å². The quantitative estimate of drug-likeness (QED) is 0.419. The third kappa shape index (κ3) is 3.40. The number of fused-ring (bicyclic) bond motifs is 2. The fourth-order valence-corrected chi connectivity index (χ4v) is 9.78. The standard InChI is InChI=1S/C30H48O2/c1-19-9-13-23-27(3,4)25(31)15-17-29(23,7)21(19)11-12-22-20(2)10-14-24-28(5,6)26(32)16-18-30(22,24)8/h20-24H,1,9-18H2,2-8H3/t20?,21-,22-,23-,24-,29+,30+/m0/s1. The second-order valence-corrected chi connectivity index (χ2v) is 13.9. The minimum Gasteiger partial charge on any atom is -0.299 e. The highest BCUT2D eigenvalue weighted by molar-refractivity contribution is 5.86. The molecule has 4 fully saturated rings. The fourth-order valence-electron chi connectivity index (χ4n) is 9.78. The molecule has 0 aliphatic heterocycles. The van der Waals surface area contributed by atoms with Crippen LogP contribution in [0, 0.1) is 51.2 Å². The van der Waals surface area contributed by atoms with Crippen LogP contribution in [0.25, 0.3) is 0 Å². The first-order chi connectivity index (χ1) is 14.8. The van der Waals surface area contributed by atoms with Crippen molar-refractivity contribution in [3.05, 3.63) is 12.2 Å². The lowest BCUT2D eigenvalue weighted by molar-refractivity contribution is -0.152. The summed E-state index contributed by atoms with van der Waals surface area (Å²) in [7, 11) is 0. The Morgan fingerprint density at radius 3 is 1.88 bits per heavy atom. The molecule has 0 radical (unpaired) electrons. The molecule has 4 aliphatic carbocycles. The van der Waals surface area contributed by atoms with Gasteiger partial charge >= 0.3 is 0 Å². The monoisotopic (exact) mass is 440 g/mol. The predicted octanol–water partition coefficient (Wildman–Crippen LogP) is 7.80. The van der Waals surface area contributed by atoms with Gasteiger partial charge in [0.15, 0.2) is 0 Å². The first-order valence-electron chi connectivity index (χ1n) is 13.5. The molecule has 0 N–H and O–H groups in total. The molecule has 4 rings (SSSR count). The van der Waals surface area contributed by atoms with E-state index in [0.717, 1.165) is 44.4 Å². The van der Waals surface area contributed by atoms with Crippen molar-refractivity contribution in [3.8, 4) is 0 Å². The number of ketones is 2. The van der Waals surface area contributed by atoms with Crippen LogP contribution in [-0.2, 0) is 9.59 Å². The van der Waals surface area contributed by atoms with E-state index in [0.29, 0.717) is 35.2 Å². The van der Waals surface area contributed by atoms with Crippen LogP contribution in [0.4, 0.5) is 0 Å². The smallest absolute Gasteiger partial charge is 0.138 e. The molecule has 0 bridgehead atoms. The van der Waals surface area contributed by atoms with E-state index >= 15 is 0 Å².